The maximum Gasteiger partial charge on any atom is 0.242 e. The summed E-state index contributed by atoms with van der Waals surface area (Å²) in [5, 5.41) is 0.910. The van der Waals surface area contributed by atoms with Crippen LogP contribution in [0, 0.1) is 5.82 Å². The summed E-state index contributed by atoms with van der Waals surface area (Å²) in [4.78, 5) is 27.1. The number of carbonyl (C=O) groups excluding carboxylic acids is 2. The molecule has 0 aliphatic carbocycles. The lowest BCUT2D eigenvalue weighted by Gasteiger charge is -2.40. The van der Waals surface area contributed by atoms with E-state index in [1.807, 2.05) is 47.5 Å². The van der Waals surface area contributed by atoms with E-state index < -0.39 is 5.41 Å². The zero-order valence-electron chi connectivity index (χ0n) is 15.9. The number of hydrogen-bond donors (Lipinski definition) is 0. The molecular formula is C23H23FN2O2. The number of rotatable bonds is 4. The average Bonchev–Trinajstić information content (AvgIpc) is 3.10. The molecule has 0 N–H and O–H groups in total. The number of halogens is 1. The fourth-order valence-electron chi connectivity index (χ4n) is 4.28. The van der Waals surface area contributed by atoms with Crippen molar-refractivity contribution in [1.29, 1.82) is 0 Å². The van der Waals surface area contributed by atoms with Crippen LogP contribution in [0.2, 0.25) is 0 Å². The predicted molar refractivity (Wildman–Crippen MR) is 107 cm³/mol. The van der Waals surface area contributed by atoms with Crippen molar-refractivity contribution in [3.05, 3.63) is 72.2 Å². The van der Waals surface area contributed by atoms with Crippen molar-refractivity contribution in [1.82, 2.24) is 9.47 Å². The van der Waals surface area contributed by atoms with Gasteiger partial charge in [0.05, 0.1) is 10.9 Å². The largest absolute Gasteiger partial charge is 0.341 e. The molecule has 1 aliphatic rings. The van der Waals surface area contributed by atoms with Gasteiger partial charge in [0.2, 0.25) is 5.91 Å². The zero-order valence-corrected chi connectivity index (χ0v) is 15.9. The number of likely N-dealkylation sites (tertiary alicyclic amines) is 1. The maximum atomic E-state index is 13.6. The summed E-state index contributed by atoms with van der Waals surface area (Å²) in [5.74, 6) is -0.170. The molecule has 1 aliphatic heterocycles. The Balaban J connectivity index is 1.49. The lowest BCUT2D eigenvalue weighted by atomic mass is 9.70. The number of aromatic nitrogens is 1. The number of ketones is 1. The predicted octanol–water partition coefficient (Wildman–Crippen LogP) is 3.93. The van der Waals surface area contributed by atoms with Gasteiger partial charge in [-0.3, -0.25) is 9.59 Å². The van der Waals surface area contributed by atoms with E-state index in [-0.39, 0.29) is 24.1 Å². The third-order valence-corrected chi connectivity index (χ3v) is 6.01. The van der Waals surface area contributed by atoms with Crippen molar-refractivity contribution in [2.24, 2.45) is 0 Å². The van der Waals surface area contributed by atoms with Crippen molar-refractivity contribution < 1.29 is 14.0 Å². The smallest absolute Gasteiger partial charge is 0.242 e. The third-order valence-electron chi connectivity index (χ3n) is 6.01. The van der Waals surface area contributed by atoms with Crippen molar-refractivity contribution in [3.63, 3.8) is 0 Å². The number of Topliss-reactive ketones (excluding diaryl/α,β-unsaturated/α-hetero) is 1. The molecule has 4 nitrogen and oxygen atoms in total. The van der Waals surface area contributed by atoms with Gasteiger partial charge in [0.1, 0.15) is 18.1 Å². The first-order valence-electron chi connectivity index (χ1n) is 9.58. The number of nitrogens with zero attached hydrogens (tertiary/aromatic N) is 2. The van der Waals surface area contributed by atoms with Gasteiger partial charge < -0.3 is 9.47 Å². The first-order chi connectivity index (χ1) is 13.5. The van der Waals surface area contributed by atoms with E-state index >= 15 is 0 Å². The van der Waals surface area contributed by atoms with Gasteiger partial charge in [-0.05, 0) is 55.0 Å². The van der Waals surface area contributed by atoms with E-state index in [9.17, 15) is 14.0 Å². The summed E-state index contributed by atoms with van der Waals surface area (Å²) in [6, 6.07) is 16.3. The number of amides is 1. The summed E-state index contributed by atoms with van der Waals surface area (Å²) in [6.45, 7) is 2.90. The van der Waals surface area contributed by atoms with E-state index in [2.05, 4.69) is 0 Å². The first kappa shape index (κ1) is 18.4. The summed E-state index contributed by atoms with van der Waals surface area (Å²) >= 11 is 0. The summed E-state index contributed by atoms with van der Waals surface area (Å²) in [5.41, 5.74) is 1.23. The molecular weight excluding hydrogens is 355 g/mol. The molecule has 3 aromatic rings. The van der Waals surface area contributed by atoms with Gasteiger partial charge >= 0.3 is 0 Å². The zero-order chi connectivity index (χ0) is 19.7. The van der Waals surface area contributed by atoms with Crippen LogP contribution in [0.5, 0.6) is 0 Å². The standard InChI is InChI=1S/C23H23FN2O2/c1-17(27)23(19-5-3-2-4-6-19)10-13-25(14-11-23)22(28)16-26-12-9-18-7-8-20(24)15-21(18)26/h2-9,12,15H,10-11,13-14,16H2,1H3. The molecule has 0 atom stereocenters. The molecule has 0 saturated carbocycles. The fraction of sp³-hybridized carbons (Fsp3) is 0.304. The summed E-state index contributed by atoms with van der Waals surface area (Å²) < 4.78 is 15.4. The lowest BCUT2D eigenvalue weighted by molar-refractivity contribution is -0.136. The highest BCUT2D eigenvalue weighted by Gasteiger charge is 2.41. The minimum atomic E-state index is -0.513. The van der Waals surface area contributed by atoms with Crippen LogP contribution in [0.1, 0.15) is 25.3 Å². The monoisotopic (exact) mass is 378 g/mol. The molecule has 2 heterocycles. The number of hydrogen-bond acceptors (Lipinski definition) is 2. The fourth-order valence-corrected chi connectivity index (χ4v) is 4.28. The Kier molecular flexibility index (Phi) is 4.75. The molecule has 1 saturated heterocycles. The van der Waals surface area contributed by atoms with Crippen LogP contribution >= 0.6 is 0 Å². The second-order valence-corrected chi connectivity index (χ2v) is 7.53. The Morgan fingerprint density at radius 3 is 2.43 bits per heavy atom. The van der Waals surface area contributed by atoms with Crippen LogP contribution in [-0.2, 0) is 21.5 Å². The molecule has 0 spiro atoms. The van der Waals surface area contributed by atoms with Crippen LogP contribution in [0.25, 0.3) is 10.9 Å². The summed E-state index contributed by atoms with van der Waals surface area (Å²) in [7, 11) is 0. The summed E-state index contributed by atoms with van der Waals surface area (Å²) in [6.07, 6.45) is 3.06. The van der Waals surface area contributed by atoms with Gasteiger partial charge in [0.15, 0.2) is 0 Å². The van der Waals surface area contributed by atoms with Crippen molar-refractivity contribution in [2.45, 2.75) is 31.7 Å². The van der Waals surface area contributed by atoms with Gasteiger partial charge in [0.25, 0.3) is 0 Å². The highest BCUT2D eigenvalue weighted by Crippen LogP contribution is 2.36. The van der Waals surface area contributed by atoms with E-state index in [0.717, 1.165) is 10.9 Å². The molecule has 0 bridgehead atoms. The molecule has 0 radical (unpaired) electrons. The minimum absolute atomic E-state index is 0.00743. The topological polar surface area (TPSA) is 42.3 Å². The van der Waals surface area contributed by atoms with Gasteiger partial charge in [-0.25, -0.2) is 4.39 Å². The van der Waals surface area contributed by atoms with Gasteiger partial charge in [-0.15, -0.1) is 0 Å². The average molecular weight is 378 g/mol. The second-order valence-electron chi connectivity index (χ2n) is 7.53. The van der Waals surface area contributed by atoms with Crippen LogP contribution in [0.3, 0.4) is 0 Å². The molecule has 0 unspecified atom stereocenters. The van der Waals surface area contributed by atoms with Gasteiger partial charge in [-0.1, -0.05) is 30.3 Å². The van der Waals surface area contributed by atoms with Crippen molar-refractivity contribution in [3.8, 4) is 0 Å². The molecule has 144 valence electrons. The first-order valence-corrected chi connectivity index (χ1v) is 9.58. The van der Waals surface area contributed by atoms with E-state index in [1.54, 1.807) is 17.6 Å². The number of carbonyl (C=O) groups is 2. The highest BCUT2D eigenvalue weighted by atomic mass is 19.1. The molecule has 1 fully saturated rings. The van der Waals surface area contributed by atoms with Gasteiger partial charge in [0, 0.05) is 19.3 Å². The Bertz CT molecular complexity index is 1020. The van der Waals surface area contributed by atoms with Crippen molar-refractivity contribution >= 4 is 22.6 Å². The maximum absolute atomic E-state index is 13.6. The van der Waals surface area contributed by atoms with E-state index in [1.165, 1.54) is 12.1 Å². The number of piperidine rings is 1. The van der Waals surface area contributed by atoms with Crippen LogP contribution < -0.4 is 0 Å². The van der Waals surface area contributed by atoms with Crippen LogP contribution in [0.15, 0.2) is 60.8 Å². The highest BCUT2D eigenvalue weighted by molar-refractivity contribution is 5.89. The van der Waals surface area contributed by atoms with E-state index in [4.69, 9.17) is 0 Å². The second kappa shape index (κ2) is 7.23. The molecule has 1 aromatic heterocycles. The van der Waals surface area contributed by atoms with Crippen LogP contribution in [-0.4, -0.2) is 34.2 Å². The quantitative estimate of drug-likeness (QED) is 0.690. The number of fused-ring (bicyclic) bond motifs is 1. The molecule has 1 amide bonds. The Hall–Kier alpha value is -2.95. The molecule has 4 rings (SSSR count). The normalized spacial score (nSPS) is 16.3. The minimum Gasteiger partial charge on any atom is -0.341 e. The number of benzene rings is 2. The Labute approximate surface area is 163 Å². The third kappa shape index (κ3) is 3.21. The lowest BCUT2D eigenvalue weighted by Crippen LogP contribution is -2.49. The Morgan fingerprint density at radius 1 is 1.04 bits per heavy atom. The molecule has 2 aromatic carbocycles. The molecule has 28 heavy (non-hydrogen) atoms. The molecule has 5 heteroatoms. The Morgan fingerprint density at radius 2 is 1.75 bits per heavy atom. The van der Waals surface area contributed by atoms with E-state index in [0.29, 0.717) is 31.4 Å². The van der Waals surface area contributed by atoms with Crippen LogP contribution in [0.4, 0.5) is 4.39 Å². The van der Waals surface area contributed by atoms with Crippen molar-refractivity contribution in [2.75, 3.05) is 13.1 Å². The SMILES string of the molecule is CC(=O)C1(c2ccccc2)CCN(C(=O)Cn2ccc3ccc(F)cc32)CC1. The van der Waals surface area contributed by atoms with Gasteiger partial charge in [-0.2, -0.15) is 0 Å².